The molecule has 1 nitrogen and oxygen atoms in total. The molecule has 0 aliphatic heterocycles. The third-order valence-corrected chi connectivity index (χ3v) is 4.37. The van der Waals surface area contributed by atoms with Crippen molar-refractivity contribution < 1.29 is 5.11 Å². The third kappa shape index (κ3) is 6.13. The van der Waals surface area contributed by atoms with E-state index in [1.807, 2.05) is 12.1 Å². The number of hydrogen-bond acceptors (Lipinski definition) is 1. The van der Waals surface area contributed by atoms with Gasteiger partial charge in [-0.3, -0.25) is 0 Å². The molecule has 0 aliphatic rings. The van der Waals surface area contributed by atoms with Crippen LogP contribution in [-0.4, -0.2) is 5.11 Å². The molecular weight excluding hydrogens is 232 g/mol. The van der Waals surface area contributed by atoms with Gasteiger partial charge in [-0.2, -0.15) is 0 Å². The Balaban J connectivity index is 2.44. The molecule has 1 atom stereocenters. The van der Waals surface area contributed by atoms with Crippen LogP contribution in [0.2, 0.25) is 0 Å². The minimum Gasteiger partial charge on any atom is -0.508 e. The number of hydrogen-bond donors (Lipinski definition) is 1. The van der Waals surface area contributed by atoms with Gasteiger partial charge in [0.2, 0.25) is 0 Å². The molecule has 0 heterocycles. The highest BCUT2D eigenvalue weighted by atomic mass is 16.3. The molecule has 0 unspecified atom stereocenters. The van der Waals surface area contributed by atoms with E-state index in [9.17, 15) is 5.11 Å². The van der Waals surface area contributed by atoms with Crippen molar-refractivity contribution in [2.75, 3.05) is 0 Å². The van der Waals surface area contributed by atoms with Crippen molar-refractivity contribution in [3.63, 3.8) is 0 Å². The summed E-state index contributed by atoms with van der Waals surface area (Å²) in [5.41, 5.74) is 1.80. The van der Waals surface area contributed by atoms with E-state index in [4.69, 9.17) is 0 Å². The SMILES string of the molecule is CC[C@](C)(CCCC(C)C)CCc1ccc(O)cc1. The minimum atomic E-state index is 0.360. The Labute approximate surface area is 119 Å². The summed E-state index contributed by atoms with van der Waals surface area (Å²) in [7, 11) is 0. The van der Waals surface area contributed by atoms with Crippen LogP contribution in [0, 0.1) is 11.3 Å². The van der Waals surface area contributed by atoms with Crippen LogP contribution in [0.25, 0.3) is 0 Å². The molecular formula is C18H30O. The Morgan fingerprint density at radius 1 is 1.11 bits per heavy atom. The standard InChI is InChI=1S/C18H30O/c1-5-18(4,13-6-7-15(2)3)14-12-16-8-10-17(19)11-9-16/h8-11,15,19H,5-7,12-14H2,1-4H3/t18-/m1/s1. The molecule has 0 saturated heterocycles. The number of aromatic hydroxyl groups is 1. The molecule has 1 rings (SSSR count). The van der Waals surface area contributed by atoms with Crippen LogP contribution in [0.4, 0.5) is 0 Å². The lowest BCUT2D eigenvalue weighted by Crippen LogP contribution is -2.16. The van der Waals surface area contributed by atoms with Crippen molar-refractivity contribution in [1.29, 1.82) is 0 Å². The van der Waals surface area contributed by atoms with E-state index in [1.165, 1.54) is 37.7 Å². The fraction of sp³-hybridized carbons (Fsp3) is 0.667. The highest BCUT2D eigenvalue weighted by molar-refractivity contribution is 5.25. The van der Waals surface area contributed by atoms with Crippen LogP contribution in [0.5, 0.6) is 5.75 Å². The van der Waals surface area contributed by atoms with E-state index < -0.39 is 0 Å². The normalized spacial score (nSPS) is 14.6. The molecule has 0 aromatic heterocycles. The molecule has 0 fully saturated rings. The smallest absolute Gasteiger partial charge is 0.115 e. The highest BCUT2D eigenvalue weighted by Gasteiger charge is 2.21. The molecule has 19 heavy (non-hydrogen) atoms. The minimum absolute atomic E-state index is 0.360. The molecule has 0 aliphatic carbocycles. The quantitative estimate of drug-likeness (QED) is 0.649. The summed E-state index contributed by atoms with van der Waals surface area (Å²) in [5, 5.41) is 9.30. The average Bonchev–Trinajstić information content (AvgIpc) is 2.38. The number of aryl methyl sites for hydroxylation is 1. The van der Waals surface area contributed by atoms with Gasteiger partial charge in [0.1, 0.15) is 5.75 Å². The Kier molecular flexibility index (Phi) is 6.41. The summed E-state index contributed by atoms with van der Waals surface area (Å²) in [6.45, 7) is 9.35. The zero-order chi connectivity index (χ0) is 14.3. The molecule has 0 bridgehead atoms. The molecule has 1 heteroatoms. The van der Waals surface area contributed by atoms with Crippen LogP contribution in [-0.2, 0) is 6.42 Å². The maximum Gasteiger partial charge on any atom is 0.115 e. The van der Waals surface area contributed by atoms with Crippen molar-refractivity contribution in [3.05, 3.63) is 29.8 Å². The zero-order valence-electron chi connectivity index (χ0n) is 13.1. The molecule has 1 aromatic rings. The van der Waals surface area contributed by atoms with Crippen molar-refractivity contribution in [2.24, 2.45) is 11.3 Å². The van der Waals surface area contributed by atoms with Crippen LogP contribution in [0.1, 0.15) is 65.4 Å². The van der Waals surface area contributed by atoms with Crippen LogP contribution in [0.15, 0.2) is 24.3 Å². The van der Waals surface area contributed by atoms with Crippen molar-refractivity contribution in [3.8, 4) is 5.75 Å². The van der Waals surface area contributed by atoms with Crippen molar-refractivity contribution in [2.45, 2.75) is 66.2 Å². The van der Waals surface area contributed by atoms with Crippen molar-refractivity contribution >= 4 is 0 Å². The summed E-state index contributed by atoms with van der Waals surface area (Å²) in [6, 6.07) is 7.66. The largest absolute Gasteiger partial charge is 0.508 e. The first-order valence-electron chi connectivity index (χ1n) is 7.73. The fourth-order valence-corrected chi connectivity index (χ4v) is 2.52. The first kappa shape index (κ1) is 16.1. The van der Waals surface area contributed by atoms with Gasteiger partial charge in [0.05, 0.1) is 0 Å². The average molecular weight is 262 g/mol. The Morgan fingerprint density at radius 3 is 2.26 bits per heavy atom. The van der Waals surface area contributed by atoms with Gasteiger partial charge in [0.25, 0.3) is 0 Å². The lowest BCUT2D eigenvalue weighted by atomic mass is 9.77. The first-order valence-corrected chi connectivity index (χ1v) is 7.73. The second-order valence-electron chi connectivity index (χ2n) is 6.62. The van der Waals surface area contributed by atoms with Gasteiger partial charge < -0.3 is 5.11 Å². The molecule has 108 valence electrons. The van der Waals surface area contributed by atoms with Gasteiger partial charge in [-0.25, -0.2) is 0 Å². The van der Waals surface area contributed by atoms with Gasteiger partial charge in [-0.15, -0.1) is 0 Å². The number of phenols is 1. The summed E-state index contributed by atoms with van der Waals surface area (Å²) in [6.07, 6.45) is 7.63. The van der Waals surface area contributed by atoms with E-state index >= 15 is 0 Å². The maximum atomic E-state index is 9.30. The second-order valence-corrected chi connectivity index (χ2v) is 6.62. The van der Waals surface area contributed by atoms with Crippen LogP contribution >= 0.6 is 0 Å². The van der Waals surface area contributed by atoms with Crippen molar-refractivity contribution in [1.82, 2.24) is 0 Å². The second kappa shape index (κ2) is 7.57. The lowest BCUT2D eigenvalue weighted by Gasteiger charge is -2.29. The van der Waals surface area contributed by atoms with Gasteiger partial charge in [-0.05, 0) is 48.3 Å². The third-order valence-electron chi connectivity index (χ3n) is 4.37. The number of rotatable bonds is 8. The molecule has 0 saturated carbocycles. The first-order chi connectivity index (χ1) is 8.95. The van der Waals surface area contributed by atoms with Crippen LogP contribution < -0.4 is 0 Å². The van der Waals surface area contributed by atoms with Gasteiger partial charge in [-0.1, -0.05) is 59.1 Å². The molecule has 0 radical (unpaired) electrons. The molecule has 0 spiro atoms. The van der Waals surface area contributed by atoms with E-state index in [-0.39, 0.29) is 0 Å². The predicted molar refractivity (Wildman–Crippen MR) is 83.5 cm³/mol. The number of benzene rings is 1. The lowest BCUT2D eigenvalue weighted by molar-refractivity contribution is 0.247. The van der Waals surface area contributed by atoms with E-state index in [1.54, 1.807) is 12.1 Å². The fourth-order valence-electron chi connectivity index (χ4n) is 2.52. The summed E-state index contributed by atoms with van der Waals surface area (Å²) in [4.78, 5) is 0. The number of phenolic OH excluding ortho intramolecular Hbond substituents is 1. The summed E-state index contributed by atoms with van der Waals surface area (Å²) < 4.78 is 0. The monoisotopic (exact) mass is 262 g/mol. The van der Waals surface area contributed by atoms with E-state index in [0.717, 1.165) is 12.3 Å². The molecule has 0 amide bonds. The maximum absolute atomic E-state index is 9.30. The zero-order valence-corrected chi connectivity index (χ0v) is 13.1. The Bertz CT molecular complexity index is 352. The van der Waals surface area contributed by atoms with E-state index in [0.29, 0.717) is 11.2 Å². The summed E-state index contributed by atoms with van der Waals surface area (Å²) in [5.74, 6) is 1.18. The Hall–Kier alpha value is -0.980. The summed E-state index contributed by atoms with van der Waals surface area (Å²) >= 11 is 0. The Morgan fingerprint density at radius 2 is 1.74 bits per heavy atom. The van der Waals surface area contributed by atoms with E-state index in [2.05, 4.69) is 27.7 Å². The van der Waals surface area contributed by atoms with Gasteiger partial charge in [0, 0.05) is 0 Å². The molecule has 1 N–H and O–H groups in total. The predicted octanol–water partition coefficient (Wildman–Crippen LogP) is 5.57. The molecule has 1 aromatic carbocycles. The highest BCUT2D eigenvalue weighted by Crippen LogP contribution is 2.34. The van der Waals surface area contributed by atoms with Gasteiger partial charge in [0.15, 0.2) is 0 Å². The topological polar surface area (TPSA) is 20.2 Å². The van der Waals surface area contributed by atoms with Gasteiger partial charge >= 0.3 is 0 Å². The van der Waals surface area contributed by atoms with Crippen LogP contribution in [0.3, 0.4) is 0 Å².